The van der Waals surface area contributed by atoms with Crippen molar-refractivity contribution in [2.24, 2.45) is 0 Å². The predicted octanol–water partition coefficient (Wildman–Crippen LogP) is 2.94. The first kappa shape index (κ1) is 17.6. The van der Waals surface area contributed by atoms with E-state index in [0.29, 0.717) is 16.8 Å². The fourth-order valence-corrected chi connectivity index (χ4v) is 2.53. The minimum Gasteiger partial charge on any atom is -0.398 e. The first-order valence-corrected chi connectivity index (χ1v) is 8.37. The van der Waals surface area contributed by atoms with Crippen LogP contribution in [-0.2, 0) is 9.31 Å². The molecule has 1 saturated heterocycles. The lowest BCUT2D eigenvalue weighted by Crippen LogP contribution is -2.41. The third kappa shape index (κ3) is 3.60. The van der Waals surface area contributed by atoms with Crippen molar-refractivity contribution in [3.8, 4) is 0 Å². The van der Waals surface area contributed by atoms with E-state index in [1.165, 1.54) is 0 Å². The summed E-state index contributed by atoms with van der Waals surface area (Å²) in [6.45, 7) is 9.97. The van der Waals surface area contributed by atoms with Crippen molar-refractivity contribution in [1.82, 2.24) is 4.98 Å². The Kier molecular flexibility index (Phi) is 4.43. The third-order valence-corrected chi connectivity index (χ3v) is 4.85. The average molecular weight is 338 g/mol. The van der Waals surface area contributed by atoms with Gasteiger partial charge in [0.15, 0.2) is 0 Å². The molecular weight excluding hydrogens is 315 g/mol. The van der Waals surface area contributed by atoms with Crippen LogP contribution in [0.15, 0.2) is 42.6 Å². The molecule has 0 aliphatic carbocycles. The van der Waals surface area contributed by atoms with Crippen LogP contribution in [0, 0.1) is 6.92 Å². The summed E-state index contributed by atoms with van der Waals surface area (Å²) >= 11 is 0. The third-order valence-electron chi connectivity index (χ3n) is 4.85. The van der Waals surface area contributed by atoms with Crippen molar-refractivity contribution in [2.75, 3.05) is 5.32 Å². The fraction of sp³-hybridized carbons (Fsp3) is 0.368. The first-order valence-electron chi connectivity index (χ1n) is 8.37. The summed E-state index contributed by atoms with van der Waals surface area (Å²) in [4.78, 5) is 16.7. The van der Waals surface area contributed by atoms with Crippen molar-refractivity contribution in [2.45, 2.75) is 45.8 Å². The molecule has 0 bridgehead atoms. The second kappa shape index (κ2) is 6.28. The van der Waals surface area contributed by atoms with E-state index in [0.717, 1.165) is 5.56 Å². The van der Waals surface area contributed by atoms with Crippen molar-refractivity contribution < 1.29 is 14.1 Å². The number of aromatic nitrogens is 1. The van der Waals surface area contributed by atoms with Crippen LogP contribution >= 0.6 is 0 Å². The van der Waals surface area contributed by atoms with E-state index in [1.54, 1.807) is 30.5 Å². The molecule has 5 nitrogen and oxygen atoms in total. The minimum absolute atomic E-state index is 0.161. The number of benzene rings is 1. The lowest BCUT2D eigenvalue weighted by Gasteiger charge is -2.32. The number of pyridine rings is 1. The Hall–Kier alpha value is -2.18. The van der Waals surface area contributed by atoms with E-state index in [4.69, 9.17) is 9.31 Å². The fourth-order valence-electron chi connectivity index (χ4n) is 2.53. The SMILES string of the molecule is Cc1ccc(C(=O)Nc2ccnc(B3OC(C)(C)C(C)(C)O3)c2)cc1. The molecule has 1 fully saturated rings. The molecule has 2 aromatic rings. The normalized spacial score (nSPS) is 18.2. The summed E-state index contributed by atoms with van der Waals surface area (Å²) < 4.78 is 12.0. The highest BCUT2D eigenvalue weighted by atomic mass is 16.7. The number of carbonyl (C=O) groups is 1. The van der Waals surface area contributed by atoms with E-state index in [2.05, 4.69) is 10.3 Å². The molecule has 1 N–H and O–H groups in total. The lowest BCUT2D eigenvalue weighted by atomic mass is 9.84. The Morgan fingerprint density at radius 3 is 2.24 bits per heavy atom. The zero-order valence-corrected chi connectivity index (χ0v) is 15.3. The summed E-state index contributed by atoms with van der Waals surface area (Å²) in [5.41, 5.74) is 2.16. The molecule has 6 heteroatoms. The molecule has 25 heavy (non-hydrogen) atoms. The molecule has 1 aliphatic heterocycles. The molecule has 1 amide bonds. The van der Waals surface area contributed by atoms with Crippen molar-refractivity contribution in [1.29, 1.82) is 0 Å². The van der Waals surface area contributed by atoms with Crippen molar-refractivity contribution in [3.63, 3.8) is 0 Å². The number of anilines is 1. The van der Waals surface area contributed by atoms with Crippen LogP contribution in [0.25, 0.3) is 0 Å². The molecule has 2 heterocycles. The van der Waals surface area contributed by atoms with Crippen LogP contribution in [0.1, 0.15) is 43.6 Å². The first-order chi connectivity index (χ1) is 11.7. The monoisotopic (exact) mass is 338 g/mol. The predicted molar refractivity (Wildman–Crippen MR) is 99.1 cm³/mol. The second-order valence-corrected chi connectivity index (χ2v) is 7.38. The van der Waals surface area contributed by atoms with Gasteiger partial charge in [0.25, 0.3) is 5.91 Å². The van der Waals surface area contributed by atoms with E-state index in [-0.39, 0.29) is 5.91 Å². The Morgan fingerprint density at radius 2 is 1.64 bits per heavy atom. The van der Waals surface area contributed by atoms with Crippen molar-refractivity contribution in [3.05, 3.63) is 53.7 Å². The maximum absolute atomic E-state index is 12.4. The van der Waals surface area contributed by atoms with Crippen LogP contribution in [-0.4, -0.2) is 29.2 Å². The van der Waals surface area contributed by atoms with Gasteiger partial charge in [0.1, 0.15) is 0 Å². The van der Waals surface area contributed by atoms with E-state index >= 15 is 0 Å². The maximum atomic E-state index is 12.4. The van der Waals surface area contributed by atoms with Gasteiger partial charge in [-0.1, -0.05) is 17.7 Å². The van der Waals surface area contributed by atoms with Crippen LogP contribution in [0.4, 0.5) is 5.69 Å². The van der Waals surface area contributed by atoms with Gasteiger partial charge in [0.05, 0.1) is 16.8 Å². The van der Waals surface area contributed by atoms with Gasteiger partial charge in [-0.25, -0.2) is 0 Å². The molecular formula is C19H23BN2O3. The number of amides is 1. The Bertz CT molecular complexity index is 772. The second-order valence-electron chi connectivity index (χ2n) is 7.38. The Labute approximate surface area is 148 Å². The summed E-state index contributed by atoms with van der Waals surface area (Å²) in [7, 11) is -0.554. The Balaban J connectivity index is 1.76. The van der Waals surface area contributed by atoms with Crippen LogP contribution in [0.3, 0.4) is 0 Å². The number of hydrogen-bond donors (Lipinski definition) is 1. The summed E-state index contributed by atoms with van der Waals surface area (Å²) in [6.07, 6.45) is 1.64. The standard InChI is InChI=1S/C19H23BN2O3/c1-13-6-8-14(9-7-13)17(23)22-15-10-11-21-16(12-15)20-24-18(2,3)19(4,5)25-20/h6-12H,1-5H3,(H,21,22,23). The van der Waals surface area contributed by atoms with Gasteiger partial charge in [-0.3, -0.25) is 9.78 Å². The van der Waals surface area contributed by atoms with Gasteiger partial charge < -0.3 is 14.6 Å². The zero-order valence-electron chi connectivity index (χ0n) is 15.3. The molecule has 1 aromatic heterocycles. The molecule has 0 atom stereocenters. The molecule has 1 aliphatic rings. The molecule has 0 spiro atoms. The highest BCUT2D eigenvalue weighted by Gasteiger charge is 2.52. The number of carbonyl (C=O) groups excluding carboxylic acids is 1. The quantitative estimate of drug-likeness (QED) is 0.874. The van der Waals surface area contributed by atoms with Gasteiger partial charge in [0.2, 0.25) is 0 Å². The van der Waals surface area contributed by atoms with E-state index in [1.807, 2.05) is 46.8 Å². The number of nitrogens with one attached hydrogen (secondary N) is 1. The van der Waals surface area contributed by atoms with Crippen LogP contribution < -0.4 is 10.9 Å². The van der Waals surface area contributed by atoms with Gasteiger partial charge >= 0.3 is 7.12 Å². The van der Waals surface area contributed by atoms with E-state index in [9.17, 15) is 4.79 Å². The molecule has 3 rings (SSSR count). The smallest absolute Gasteiger partial charge is 0.398 e. The zero-order chi connectivity index (χ0) is 18.2. The highest BCUT2D eigenvalue weighted by Crippen LogP contribution is 2.36. The molecule has 1 aromatic carbocycles. The number of hydrogen-bond acceptors (Lipinski definition) is 4. The maximum Gasteiger partial charge on any atom is 0.514 e. The van der Waals surface area contributed by atoms with Crippen LogP contribution in [0.5, 0.6) is 0 Å². The summed E-state index contributed by atoms with van der Waals surface area (Å²) in [5, 5.41) is 2.89. The van der Waals surface area contributed by atoms with Gasteiger partial charge in [-0.05, 0) is 58.9 Å². The lowest BCUT2D eigenvalue weighted by molar-refractivity contribution is 0.00578. The van der Waals surface area contributed by atoms with Gasteiger partial charge in [-0.15, -0.1) is 0 Å². The number of aryl methyl sites for hydroxylation is 1. The van der Waals surface area contributed by atoms with E-state index < -0.39 is 18.3 Å². The number of nitrogens with zero attached hydrogens (tertiary/aromatic N) is 1. The highest BCUT2D eigenvalue weighted by molar-refractivity contribution is 6.61. The van der Waals surface area contributed by atoms with Crippen LogP contribution in [0.2, 0.25) is 0 Å². The summed E-state index contributed by atoms with van der Waals surface area (Å²) in [6, 6.07) is 11.0. The molecule has 0 radical (unpaired) electrons. The molecule has 0 saturated carbocycles. The molecule has 0 unspecified atom stereocenters. The topological polar surface area (TPSA) is 60.5 Å². The van der Waals surface area contributed by atoms with Crippen molar-refractivity contribution >= 4 is 24.3 Å². The Morgan fingerprint density at radius 1 is 1.04 bits per heavy atom. The van der Waals surface area contributed by atoms with Gasteiger partial charge in [-0.2, -0.15) is 0 Å². The largest absolute Gasteiger partial charge is 0.514 e. The summed E-state index contributed by atoms with van der Waals surface area (Å²) in [5.74, 6) is -0.161. The molecule has 130 valence electrons. The number of rotatable bonds is 3. The average Bonchev–Trinajstić information content (AvgIpc) is 2.76. The minimum atomic E-state index is -0.554. The van der Waals surface area contributed by atoms with Gasteiger partial charge in [0, 0.05) is 17.4 Å².